The summed E-state index contributed by atoms with van der Waals surface area (Å²) in [7, 11) is 1.80. The Morgan fingerprint density at radius 2 is 1.84 bits per heavy atom. The molecular weight excluding hydrogens is 412 g/mol. The van der Waals surface area contributed by atoms with Crippen molar-refractivity contribution in [2.24, 2.45) is 0 Å². The van der Waals surface area contributed by atoms with Gasteiger partial charge in [0, 0.05) is 18.7 Å². The molecule has 1 aliphatic carbocycles. The molecule has 0 radical (unpaired) electrons. The third kappa shape index (κ3) is 4.39. The lowest BCUT2D eigenvalue weighted by atomic mass is 10.2. The number of para-hydroxylation sites is 3. The number of hydrogen-bond acceptors (Lipinski definition) is 6. The van der Waals surface area contributed by atoms with Crippen molar-refractivity contribution in [3.63, 3.8) is 0 Å². The van der Waals surface area contributed by atoms with Gasteiger partial charge in [-0.1, -0.05) is 42.1 Å². The zero-order valence-electron chi connectivity index (χ0n) is 17.3. The third-order valence-corrected chi connectivity index (χ3v) is 6.32. The van der Waals surface area contributed by atoms with Crippen molar-refractivity contribution in [2.45, 2.75) is 30.0 Å². The summed E-state index contributed by atoms with van der Waals surface area (Å²) >= 11 is 1.42. The number of thioether (sulfide) groups is 1. The lowest BCUT2D eigenvalue weighted by Gasteiger charge is -2.29. The van der Waals surface area contributed by atoms with Gasteiger partial charge in [-0.25, -0.2) is 0 Å². The fourth-order valence-electron chi connectivity index (χ4n) is 3.60. The Balaban J connectivity index is 1.22. The normalized spacial score (nSPS) is 17.4. The van der Waals surface area contributed by atoms with Crippen molar-refractivity contribution in [3.8, 4) is 17.2 Å². The first kappa shape index (κ1) is 19.9. The van der Waals surface area contributed by atoms with Crippen LogP contribution < -0.4 is 9.47 Å². The van der Waals surface area contributed by atoms with Gasteiger partial charge in [-0.2, -0.15) is 0 Å². The van der Waals surface area contributed by atoms with Crippen LogP contribution in [-0.2, 0) is 4.79 Å². The average Bonchev–Trinajstić information content (AvgIpc) is 3.57. The van der Waals surface area contributed by atoms with E-state index in [2.05, 4.69) is 14.8 Å². The first-order valence-corrected chi connectivity index (χ1v) is 11.4. The maximum atomic E-state index is 12.8. The van der Waals surface area contributed by atoms with Gasteiger partial charge < -0.3 is 14.4 Å². The smallest absolute Gasteiger partial charge is 0.232 e. The lowest BCUT2D eigenvalue weighted by molar-refractivity contribution is -0.128. The van der Waals surface area contributed by atoms with Crippen molar-refractivity contribution >= 4 is 17.7 Å². The fourth-order valence-corrected chi connectivity index (χ4v) is 4.50. The molecule has 5 rings (SSSR count). The molecule has 2 heterocycles. The first-order valence-electron chi connectivity index (χ1n) is 10.4. The molecule has 1 atom stereocenters. The predicted octanol–water partition coefficient (Wildman–Crippen LogP) is 3.54. The molecular formula is C23H24N4O3S. The van der Waals surface area contributed by atoms with Crippen molar-refractivity contribution in [1.29, 1.82) is 0 Å². The molecule has 0 N–H and O–H groups in total. The number of amides is 1. The quantitative estimate of drug-likeness (QED) is 0.528. The number of hydrogen-bond donors (Lipinski definition) is 0. The van der Waals surface area contributed by atoms with Gasteiger partial charge >= 0.3 is 0 Å². The van der Waals surface area contributed by atoms with E-state index in [1.165, 1.54) is 11.8 Å². The van der Waals surface area contributed by atoms with Crippen LogP contribution in [0.4, 0.5) is 0 Å². The van der Waals surface area contributed by atoms with Crippen LogP contribution in [0.15, 0.2) is 59.8 Å². The van der Waals surface area contributed by atoms with E-state index >= 15 is 0 Å². The van der Waals surface area contributed by atoms with Crippen LogP contribution in [0.25, 0.3) is 5.69 Å². The lowest BCUT2D eigenvalue weighted by Crippen LogP contribution is -2.42. The zero-order chi connectivity index (χ0) is 21.2. The second-order valence-corrected chi connectivity index (χ2v) is 8.79. The van der Waals surface area contributed by atoms with Crippen LogP contribution in [0.5, 0.6) is 11.5 Å². The molecule has 0 saturated heterocycles. The minimum Gasteiger partial charge on any atom is -0.486 e. The molecule has 160 valence electrons. The maximum absolute atomic E-state index is 12.8. The molecule has 2 aromatic carbocycles. The molecule has 31 heavy (non-hydrogen) atoms. The highest BCUT2D eigenvalue weighted by atomic mass is 32.2. The maximum Gasteiger partial charge on any atom is 0.232 e. The summed E-state index contributed by atoms with van der Waals surface area (Å²) in [4.78, 5) is 14.5. The molecule has 7 nitrogen and oxygen atoms in total. The minimum absolute atomic E-state index is 0.0167. The van der Waals surface area contributed by atoms with E-state index in [-0.39, 0.29) is 17.8 Å². The molecule has 1 aliphatic heterocycles. The van der Waals surface area contributed by atoms with Crippen molar-refractivity contribution in [3.05, 3.63) is 60.4 Å². The Labute approximate surface area is 185 Å². The van der Waals surface area contributed by atoms with Crippen molar-refractivity contribution in [2.75, 3.05) is 26.0 Å². The van der Waals surface area contributed by atoms with Gasteiger partial charge in [0.1, 0.15) is 12.4 Å². The van der Waals surface area contributed by atoms with Crippen molar-refractivity contribution < 1.29 is 14.3 Å². The number of ether oxygens (including phenoxy) is 2. The molecule has 3 aromatic rings. The Morgan fingerprint density at radius 3 is 2.61 bits per heavy atom. The number of fused-ring (bicyclic) bond motifs is 1. The molecule has 0 spiro atoms. The molecule has 8 heteroatoms. The molecule has 1 aromatic heterocycles. The number of carbonyl (C=O) groups excluding carboxylic acids is 1. The van der Waals surface area contributed by atoms with E-state index in [4.69, 9.17) is 9.47 Å². The van der Waals surface area contributed by atoms with Crippen LogP contribution in [0, 0.1) is 0 Å². The summed E-state index contributed by atoms with van der Waals surface area (Å²) in [6, 6.07) is 17.7. The number of aromatic nitrogens is 3. The van der Waals surface area contributed by atoms with Gasteiger partial charge in [0.15, 0.2) is 22.8 Å². The molecule has 2 aliphatic rings. The largest absolute Gasteiger partial charge is 0.486 e. The van der Waals surface area contributed by atoms with Crippen LogP contribution in [0.2, 0.25) is 0 Å². The van der Waals surface area contributed by atoms with E-state index in [0.717, 1.165) is 41.0 Å². The minimum atomic E-state index is -0.191. The van der Waals surface area contributed by atoms with Gasteiger partial charge in [0.2, 0.25) is 5.91 Å². The van der Waals surface area contributed by atoms with Crippen LogP contribution in [0.3, 0.4) is 0 Å². The molecule has 0 unspecified atom stereocenters. The highest BCUT2D eigenvalue weighted by Crippen LogP contribution is 2.41. The summed E-state index contributed by atoms with van der Waals surface area (Å²) in [5.74, 6) is 3.22. The van der Waals surface area contributed by atoms with Gasteiger partial charge in [0.25, 0.3) is 0 Å². The second kappa shape index (κ2) is 8.63. The zero-order valence-corrected chi connectivity index (χ0v) is 18.1. The standard InChI is InChI=1S/C23H24N4O3S/c1-26(13-18-14-29-19-9-5-6-10-20(19)30-18)21(28)15-31-23-25-24-22(16-11-12-16)27(23)17-7-3-2-4-8-17/h2-10,16,18H,11-15H2,1H3/t18-/m0/s1. The Bertz CT molecular complexity index is 1070. The summed E-state index contributed by atoms with van der Waals surface area (Å²) in [6.45, 7) is 0.890. The SMILES string of the molecule is CN(C[C@H]1COc2ccccc2O1)C(=O)CSc1nnc(C2CC2)n1-c1ccccc1. The monoisotopic (exact) mass is 436 g/mol. The topological polar surface area (TPSA) is 69.5 Å². The van der Waals surface area contributed by atoms with Gasteiger partial charge in [-0.05, 0) is 37.1 Å². The summed E-state index contributed by atoms with van der Waals surface area (Å²) in [6.07, 6.45) is 2.09. The summed E-state index contributed by atoms with van der Waals surface area (Å²) in [5, 5.41) is 9.56. The highest BCUT2D eigenvalue weighted by Gasteiger charge is 2.31. The van der Waals surface area contributed by atoms with E-state index in [9.17, 15) is 4.79 Å². The Hall–Kier alpha value is -3.00. The molecule has 0 bridgehead atoms. The van der Waals surface area contributed by atoms with E-state index < -0.39 is 0 Å². The number of nitrogens with zero attached hydrogens (tertiary/aromatic N) is 4. The van der Waals surface area contributed by atoms with E-state index in [0.29, 0.717) is 19.1 Å². The highest BCUT2D eigenvalue weighted by molar-refractivity contribution is 7.99. The number of benzene rings is 2. The van der Waals surface area contributed by atoms with Gasteiger partial charge in [-0.3, -0.25) is 9.36 Å². The van der Waals surface area contributed by atoms with Crippen LogP contribution in [0.1, 0.15) is 24.6 Å². The summed E-state index contributed by atoms with van der Waals surface area (Å²) < 4.78 is 13.8. The molecule has 1 fully saturated rings. The first-order chi connectivity index (χ1) is 15.2. The molecule has 1 amide bonds. The Morgan fingerprint density at radius 1 is 1.10 bits per heavy atom. The number of rotatable bonds is 7. The van der Waals surface area contributed by atoms with E-state index in [1.54, 1.807) is 11.9 Å². The summed E-state index contributed by atoms with van der Waals surface area (Å²) in [5.41, 5.74) is 1.03. The third-order valence-electron chi connectivity index (χ3n) is 5.41. The molecule has 1 saturated carbocycles. The number of likely N-dealkylation sites (N-methyl/N-ethyl adjacent to an activating group) is 1. The van der Waals surface area contributed by atoms with Gasteiger partial charge in [0.05, 0.1) is 12.3 Å². The van der Waals surface area contributed by atoms with Gasteiger partial charge in [-0.15, -0.1) is 10.2 Å². The van der Waals surface area contributed by atoms with Crippen LogP contribution in [-0.4, -0.2) is 57.6 Å². The van der Waals surface area contributed by atoms with E-state index in [1.807, 2.05) is 54.6 Å². The predicted molar refractivity (Wildman–Crippen MR) is 118 cm³/mol. The average molecular weight is 437 g/mol. The second-order valence-electron chi connectivity index (χ2n) is 7.85. The fraction of sp³-hybridized carbons (Fsp3) is 0.348. The van der Waals surface area contributed by atoms with Crippen LogP contribution >= 0.6 is 11.8 Å². The van der Waals surface area contributed by atoms with Crippen molar-refractivity contribution in [1.82, 2.24) is 19.7 Å². The Kier molecular flexibility index (Phi) is 5.55. The number of carbonyl (C=O) groups is 1.